The number of rotatable bonds is 20. The van der Waals surface area contributed by atoms with Crippen molar-refractivity contribution in [1.82, 2.24) is 5.32 Å². The van der Waals surface area contributed by atoms with Gasteiger partial charge >= 0.3 is 5.97 Å². The Labute approximate surface area is 203 Å². The predicted octanol–water partition coefficient (Wildman–Crippen LogP) is 7.92. The van der Waals surface area contributed by atoms with Crippen LogP contribution in [-0.2, 0) is 9.53 Å². The molecule has 1 rings (SSSR count). The van der Waals surface area contributed by atoms with Gasteiger partial charge in [0.25, 0.3) is 5.91 Å². The van der Waals surface area contributed by atoms with Crippen LogP contribution in [0.1, 0.15) is 133 Å². The Bertz CT molecular complexity index is 626. The minimum Gasteiger partial charge on any atom is -0.464 e. The fourth-order valence-corrected chi connectivity index (χ4v) is 3.99. The fourth-order valence-electron chi connectivity index (χ4n) is 3.99. The number of ether oxygens (including phenoxy) is 1. The van der Waals surface area contributed by atoms with Gasteiger partial charge in [-0.15, -0.1) is 0 Å². The Morgan fingerprint density at radius 3 is 1.61 bits per heavy atom. The van der Waals surface area contributed by atoms with Gasteiger partial charge in [-0.1, -0.05) is 121 Å². The maximum Gasteiger partial charge on any atom is 0.328 e. The van der Waals surface area contributed by atoms with Crippen LogP contribution < -0.4 is 5.32 Å². The molecule has 0 fully saturated rings. The molecule has 0 unspecified atom stereocenters. The van der Waals surface area contributed by atoms with E-state index in [1.807, 2.05) is 19.1 Å². The minimum atomic E-state index is -0.639. The molecule has 0 saturated heterocycles. The van der Waals surface area contributed by atoms with Crippen LogP contribution in [0.25, 0.3) is 0 Å². The SMILES string of the molecule is CCCCCCCCCCCCCCCCCCOC(=O)[C@H](C)NC(=O)c1ccc(C)cc1. The monoisotopic (exact) mass is 459 g/mol. The Kier molecular flexibility index (Phi) is 17.4. The van der Waals surface area contributed by atoms with Gasteiger partial charge in [0.15, 0.2) is 0 Å². The molecule has 0 aliphatic rings. The van der Waals surface area contributed by atoms with Crippen LogP contribution >= 0.6 is 0 Å². The Hall–Kier alpha value is -1.84. The summed E-state index contributed by atoms with van der Waals surface area (Å²) in [7, 11) is 0. The highest BCUT2D eigenvalue weighted by Crippen LogP contribution is 2.13. The van der Waals surface area contributed by atoms with Gasteiger partial charge in [-0.25, -0.2) is 4.79 Å². The molecule has 0 saturated carbocycles. The van der Waals surface area contributed by atoms with Gasteiger partial charge in [0.2, 0.25) is 0 Å². The molecule has 4 nitrogen and oxygen atoms in total. The highest BCUT2D eigenvalue weighted by atomic mass is 16.5. The van der Waals surface area contributed by atoms with E-state index in [4.69, 9.17) is 4.74 Å². The number of nitrogens with one attached hydrogen (secondary N) is 1. The summed E-state index contributed by atoms with van der Waals surface area (Å²) in [5, 5.41) is 2.71. The van der Waals surface area contributed by atoms with Crippen LogP contribution in [-0.4, -0.2) is 24.5 Å². The first kappa shape index (κ1) is 29.2. The molecule has 1 aromatic rings. The lowest BCUT2D eigenvalue weighted by atomic mass is 10.0. The number of hydrogen-bond donors (Lipinski definition) is 1. The number of carbonyl (C=O) groups is 2. The predicted molar refractivity (Wildman–Crippen MR) is 139 cm³/mol. The average Bonchev–Trinajstić information content (AvgIpc) is 2.81. The molecule has 0 bridgehead atoms. The van der Waals surface area contributed by atoms with Crippen molar-refractivity contribution in [2.24, 2.45) is 0 Å². The van der Waals surface area contributed by atoms with Crippen LogP contribution in [0.2, 0.25) is 0 Å². The minimum absolute atomic E-state index is 0.248. The number of benzene rings is 1. The summed E-state index contributed by atoms with van der Waals surface area (Å²) in [5.41, 5.74) is 1.65. The summed E-state index contributed by atoms with van der Waals surface area (Å²) in [6.07, 6.45) is 21.2. The quantitative estimate of drug-likeness (QED) is 0.159. The highest BCUT2D eigenvalue weighted by Gasteiger charge is 2.17. The molecule has 0 spiro atoms. The van der Waals surface area contributed by atoms with Crippen molar-refractivity contribution in [2.75, 3.05) is 6.61 Å². The molecule has 1 amide bonds. The first-order chi connectivity index (χ1) is 16.0. The standard InChI is InChI=1S/C29H49NO3/c1-4-5-6-7-8-9-10-11-12-13-14-15-16-17-18-19-24-33-29(32)26(3)30-28(31)27-22-20-25(2)21-23-27/h20-23,26H,4-19,24H2,1-3H3,(H,30,31)/t26-/m0/s1. The van der Waals surface area contributed by atoms with Crippen molar-refractivity contribution >= 4 is 11.9 Å². The zero-order chi connectivity index (χ0) is 24.2. The zero-order valence-electron chi connectivity index (χ0n) is 21.6. The Morgan fingerprint density at radius 2 is 1.15 bits per heavy atom. The lowest BCUT2D eigenvalue weighted by Gasteiger charge is -2.13. The summed E-state index contributed by atoms with van der Waals surface area (Å²) in [6.45, 7) is 6.35. The lowest BCUT2D eigenvalue weighted by Crippen LogP contribution is -2.39. The van der Waals surface area contributed by atoms with E-state index < -0.39 is 6.04 Å². The Morgan fingerprint density at radius 1 is 0.727 bits per heavy atom. The van der Waals surface area contributed by atoms with Crippen molar-refractivity contribution in [1.29, 1.82) is 0 Å². The summed E-state index contributed by atoms with van der Waals surface area (Å²) >= 11 is 0. The van der Waals surface area contributed by atoms with Crippen molar-refractivity contribution < 1.29 is 14.3 Å². The summed E-state index contributed by atoms with van der Waals surface area (Å²) in [4.78, 5) is 24.3. The van der Waals surface area contributed by atoms with Crippen molar-refractivity contribution in [3.8, 4) is 0 Å². The lowest BCUT2D eigenvalue weighted by molar-refractivity contribution is -0.145. The topological polar surface area (TPSA) is 55.4 Å². The second-order valence-corrected chi connectivity index (χ2v) is 9.53. The van der Waals surface area contributed by atoms with Gasteiger partial charge in [0, 0.05) is 5.56 Å². The van der Waals surface area contributed by atoms with Gasteiger partial charge < -0.3 is 10.1 Å². The van der Waals surface area contributed by atoms with E-state index >= 15 is 0 Å². The molecule has 0 aromatic heterocycles. The van der Waals surface area contributed by atoms with Gasteiger partial charge in [-0.05, 0) is 32.4 Å². The van der Waals surface area contributed by atoms with E-state index in [9.17, 15) is 9.59 Å². The number of esters is 1. The fraction of sp³-hybridized carbons (Fsp3) is 0.724. The molecule has 33 heavy (non-hydrogen) atoms. The third kappa shape index (κ3) is 15.6. The maximum absolute atomic E-state index is 12.2. The highest BCUT2D eigenvalue weighted by molar-refractivity contribution is 5.96. The van der Waals surface area contributed by atoms with E-state index in [0.29, 0.717) is 12.2 Å². The number of amides is 1. The van der Waals surface area contributed by atoms with E-state index in [0.717, 1.165) is 18.4 Å². The molecule has 0 aliphatic carbocycles. The van der Waals surface area contributed by atoms with Crippen LogP contribution in [0.4, 0.5) is 0 Å². The van der Waals surface area contributed by atoms with Gasteiger partial charge in [0.05, 0.1) is 6.61 Å². The van der Waals surface area contributed by atoms with E-state index in [-0.39, 0.29) is 11.9 Å². The zero-order valence-corrected chi connectivity index (χ0v) is 21.6. The third-order valence-corrected chi connectivity index (χ3v) is 6.26. The smallest absolute Gasteiger partial charge is 0.328 e. The van der Waals surface area contributed by atoms with Crippen molar-refractivity contribution in [3.05, 3.63) is 35.4 Å². The normalized spacial score (nSPS) is 11.8. The van der Waals surface area contributed by atoms with Crippen LogP contribution in [0.3, 0.4) is 0 Å². The third-order valence-electron chi connectivity index (χ3n) is 6.26. The summed E-state index contributed by atoms with van der Waals surface area (Å²) < 4.78 is 5.33. The van der Waals surface area contributed by atoms with Crippen LogP contribution in [0.15, 0.2) is 24.3 Å². The van der Waals surface area contributed by atoms with Crippen LogP contribution in [0, 0.1) is 6.92 Å². The van der Waals surface area contributed by atoms with Crippen molar-refractivity contribution in [2.45, 2.75) is 130 Å². The molecular formula is C29H49NO3. The van der Waals surface area contributed by atoms with Gasteiger partial charge in [-0.3, -0.25) is 4.79 Å². The molecule has 188 valence electrons. The van der Waals surface area contributed by atoms with E-state index in [2.05, 4.69) is 12.2 Å². The second kappa shape index (κ2) is 19.6. The molecule has 0 aliphatic heterocycles. The second-order valence-electron chi connectivity index (χ2n) is 9.53. The number of hydrogen-bond acceptors (Lipinski definition) is 3. The first-order valence-electron chi connectivity index (χ1n) is 13.6. The van der Waals surface area contributed by atoms with Gasteiger partial charge in [0.1, 0.15) is 6.04 Å². The molecule has 1 aromatic carbocycles. The number of unbranched alkanes of at least 4 members (excludes halogenated alkanes) is 15. The summed E-state index contributed by atoms with van der Waals surface area (Å²) in [5.74, 6) is -0.613. The number of aryl methyl sites for hydroxylation is 1. The Balaban J connectivity index is 1.89. The molecule has 0 heterocycles. The van der Waals surface area contributed by atoms with E-state index in [1.54, 1.807) is 19.1 Å². The summed E-state index contributed by atoms with van der Waals surface area (Å²) in [6, 6.07) is 6.66. The molecule has 1 atom stereocenters. The largest absolute Gasteiger partial charge is 0.464 e. The average molecular weight is 460 g/mol. The van der Waals surface area contributed by atoms with Gasteiger partial charge in [-0.2, -0.15) is 0 Å². The van der Waals surface area contributed by atoms with Crippen molar-refractivity contribution in [3.63, 3.8) is 0 Å². The molecule has 4 heteroatoms. The molecule has 1 N–H and O–H groups in total. The van der Waals surface area contributed by atoms with E-state index in [1.165, 1.54) is 89.9 Å². The maximum atomic E-state index is 12.2. The molecular weight excluding hydrogens is 410 g/mol. The molecule has 0 radical (unpaired) electrons. The number of carbonyl (C=O) groups excluding carboxylic acids is 2. The van der Waals surface area contributed by atoms with Crippen LogP contribution in [0.5, 0.6) is 0 Å². The first-order valence-corrected chi connectivity index (χ1v) is 13.6.